The summed E-state index contributed by atoms with van der Waals surface area (Å²) in [5.74, 6) is -1.05. The average molecular weight is 243 g/mol. The monoisotopic (exact) mass is 243 g/mol. The number of rotatable bonds is 8. The van der Waals surface area contributed by atoms with Gasteiger partial charge in [0.1, 0.15) is 6.10 Å². The van der Waals surface area contributed by atoms with Crippen molar-refractivity contribution < 1.29 is 19.4 Å². The Labute approximate surface area is 102 Å². The summed E-state index contributed by atoms with van der Waals surface area (Å²) in [6.45, 7) is 4.51. The number of carbonyl (C=O) groups excluding carboxylic acids is 1. The van der Waals surface area contributed by atoms with E-state index in [4.69, 9.17) is 9.84 Å². The summed E-state index contributed by atoms with van der Waals surface area (Å²) in [7, 11) is 0. The number of carbonyl (C=O) groups is 2. The van der Waals surface area contributed by atoms with E-state index in [-0.39, 0.29) is 12.5 Å². The van der Waals surface area contributed by atoms with Crippen molar-refractivity contribution in [3.8, 4) is 0 Å². The lowest BCUT2D eigenvalue weighted by molar-refractivity contribution is -0.143. The van der Waals surface area contributed by atoms with Crippen molar-refractivity contribution >= 4 is 11.9 Å². The standard InChI is InChI=1S/C12H21NO4/c1-3-4-7-17-9(2)10(14)13-8-12(5-6-12)11(15)16/h9H,3-8H2,1-2H3,(H,13,14)(H,15,16). The Bertz CT molecular complexity index is 286. The molecule has 0 radical (unpaired) electrons. The van der Waals surface area contributed by atoms with Crippen molar-refractivity contribution in [3.63, 3.8) is 0 Å². The molecule has 1 unspecified atom stereocenters. The smallest absolute Gasteiger partial charge is 0.311 e. The molecule has 1 aliphatic rings. The van der Waals surface area contributed by atoms with Gasteiger partial charge in [-0.1, -0.05) is 13.3 Å². The second-order valence-corrected chi connectivity index (χ2v) is 4.67. The molecule has 0 aromatic heterocycles. The van der Waals surface area contributed by atoms with Gasteiger partial charge in [0.25, 0.3) is 0 Å². The van der Waals surface area contributed by atoms with Gasteiger partial charge >= 0.3 is 5.97 Å². The van der Waals surface area contributed by atoms with E-state index >= 15 is 0 Å². The fourth-order valence-electron chi connectivity index (χ4n) is 1.50. The third kappa shape index (κ3) is 4.00. The number of carboxylic acid groups (broad SMARTS) is 1. The Morgan fingerprint density at radius 3 is 2.59 bits per heavy atom. The summed E-state index contributed by atoms with van der Waals surface area (Å²) in [6, 6.07) is 0. The summed E-state index contributed by atoms with van der Waals surface area (Å²) in [6.07, 6.45) is 2.74. The molecule has 1 fully saturated rings. The molecule has 98 valence electrons. The normalized spacial score (nSPS) is 18.5. The number of aliphatic carboxylic acids is 1. The molecule has 0 bridgehead atoms. The van der Waals surface area contributed by atoms with Crippen LogP contribution in [0, 0.1) is 5.41 Å². The minimum Gasteiger partial charge on any atom is -0.481 e. The Morgan fingerprint density at radius 2 is 2.12 bits per heavy atom. The zero-order chi connectivity index (χ0) is 12.9. The minimum atomic E-state index is -0.822. The summed E-state index contributed by atoms with van der Waals surface area (Å²) in [5.41, 5.74) is -0.710. The van der Waals surface area contributed by atoms with Crippen LogP contribution in [0.15, 0.2) is 0 Å². The van der Waals surface area contributed by atoms with E-state index in [1.54, 1.807) is 6.92 Å². The van der Waals surface area contributed by atoms with Crippen LogP contribution >= 0.6 is 0 Å². The molecular formula is C12H21NO4. The molecule has 1 atom stereocenters. The number of ether oxygens (including phenoxy) is 1. The Kier molecular flexibility index (Phi) is 4.93. The van der Waals surface area contributed by atoms with Crippen LogP contribution in [0.5, 0.6) is 0 Å². The van der Waals surface area contributed by atoms with Gasteiger partial charge in [-0.05, 0) is 26.2 Å². The molecule has 1 aliphatic carbocycles. The van der Waals surface area contributed by atoms with Crippen LogP contribution in [0.2, 0.25) is 0 Å². The van der Waals surface area contributed by atoms with Gasteiger partial charge < -0.3 is 15.2 Å². The van der Waals surface area contributed by atoms with Crippen LogP contribution in [-0.4, -0.2) is 36.2 Å². The maximum atomic E-state index is 11.6. The fourth-order valence-corrected chi connectivity index (χ4v) is 1.50. The first-order valence-corrected chi connectivity index (χ1v) is 6.14. The summed E-state index contributed by atoms with van der Waals surface area (Å²) < 4.78 is 5.33. The number of nitrogens with one attached hydrogen (secondary N) is 1. The van der Waals surface area contributed by atoms with Gasteiger partial charge in [0.2, 0.25) is 5.91 Å². The molecule has 1 rings (SSSR count). The van der Waals surface area contributed by atoms with Gasteiger partial charge in [-0.2, -0.15) is 0 Å². The second kappa shape index (κ2) is 6.00. The van der Waals surface area contributed by atoms with Crippen molar-refractivity contribution in [2.75, 3.05) is 13.2 Å². The van der Waals surface area contributed by atoms with E-state index in [1.807, 2.05) is 0 Å². The molecule has 1 saturated carbocycles. The first-order chi connectivity index (χ1) is 8.02. The molecule has 0 saturated heterocycles. The highest BCUT2D eigenvalue weighted by Crippen LogP contribution is 2.45. The molecule has 2 N–H and O–H groups in total. The molecule has 0 spiro atoms. The van der Waals surface area contributed by atoms with Crippen LogP contribution in [0.3, 0.4) is 0 Å². The van der Waals surface area contributed by atoms with Gasteiger partial charge in [0, 0.05) is 13.2 Å². The van der Waals surface area contributed by atoms with E-state index in [0.717, 1.165) is 12.8 Å². The quantitative estimate of drug-likeness (QED) is 0.627. The lowest BCUT2D eigenvalue weighted by Gasteiger charge is -2.15. The number of carboxylic acids is 1. The van der Waals surface area contributed by atoms with Gasteiger partial charge in [0.05, 0.1) is 5.41 Å². The van der Waals surface area contributed by atoms with Crippen molar-refractivity contribution in [1.29, 1.82) is 0 Å². The van der Waals surface area contributed by atoms with Crippen LogP contribution in [0.1, 0.15) is 39.5 Å². The van der Waals surface area contributed by atoms with Gasteiger partial charge in [0.15, 0.2) is 0 Å². The van der Waals surface area contributed by atoms with Gasteiger partial charge in [-0.15, -0.1) is 0 Å². The molecular weight excluding hydrogens is 222 g/mol. The number of unbranched alkanes of at least 4 members (excludes halogenated alkanes) is 1. The first kappa shape index (κ1) is 14.0. The van der Waals surface area contributed by atoms with Crippen LogP contribution in [0.25, 0.3) is 0 Å². The lowest BCUT2D eigenvalue weighted by Crippen LogP contribution is -2.40. The molecule has 17 heavy (non-hydrogen) atoms. The molecule has 0 aromatic carbocycles. The van der Waals surface area contributed by atoms with E-state index in [9.17, 15) is 9.59 Å². The largest absolute Gasteiger partial charge is 0.481 e. The van der Waals surface area contributed by atoms with Crippen LogP contribution in [-0.2, 0) is 14.3 Å². The highest BCUT2D eigenvalue weighted by molar-refractivity contribution is 5.83. The number of amides is 1. The summed E-state index contributed by atoms with van der Waals surface area (Å²) in [5, 5.41) is 11.6. The molecule has 5 heteroatoms. The second-order valence-electron chi connectivity index (χ2n) is 4.67. The summed E-state index contributed by atoms with van der Waals surface area (Å²) in [4.78, 5) is 22.5. The summed E-state index contributed by atoms with van der Waals surface area (Å²) >= 11 is 0. The lowest BCUT2D eigenvalue weighted by atomic mass is 10.1. The Balaban J connectivity index is 2.22. The zero-order valence-electron chi connectivity index (χ0n) is 10.5. The topological polar surface area (TPSA) is 75.6 Å². The van der Waals surface area contributed by atoms with Crippen LogP contribution < -0.4 is 5.32 Å². The van der Waals surface area contributed by atoms with Crippen LogP contribution in [0.4, 0.5) is 0 Å². The zero-order valence-corrected chi connectivity index (χ0v) is 10.5. The maximum absolute atomic E-state index is 11.6. The maximum Gasteiger partial charge on any atom is 0.311 e. The fraction of sp³-hybridized carbons (Fsp3) is 0.833. The molecule has 0 aromatic rings. The minimum absolute atomic E-state index is 0.211. The number of hydrogen-bond donors (Lipinski definition) is 2. The van der Waals surface area contributed by atoms with Crippen molar-refractivity contribution in [1.82, 2.24) is 5.32 Å². The van der Waals surface area contributed by atoms with E-state index in [1.165, 1.54) is 0 Å². The molecule has 0 heterocycles. The number of hydrogen-bond acceptors (Lipinski definition) is 3. The van der Waals surface area contributed by atoms with E-state index < -0.39 is 17.5 Å². The van der Waals surface area contributed by atoms with Crippen molar-refractivity contribution in [2.24, 2.45) is 5.41 Å². The average Bonchev–Trinajstić information content (AvgIpc) is 3.07. The Morgan fingerprint density at radius 1 is 1.47 bits per heavy atom. The third-order valence-electron chi connectivity index (χ3n) is 3.14. The predicted molar refractivity (Wildman–Crippen MR) is 62.6 cm³/mol. The SMILES string of the molecule is CCCCOC(C)C(=O)NCC1(C(=O)O)CC1. The highest BCUT2D eigenvalue weighted by Gasteiger charge is 2.50. The van der Waals surface area contributed by atoms with Gasteiger partial charge in [-0.25, -0.2) is 0 Å². The molecule has 1 amide bonds. The first-order valence-electron chi connectivity index (χ1n) is 6.14. The van der Waals surface area contributed by atoms with Crippen molar-refractivity contribution in [2.45, 2.75) is 45.6 Å². The third-order valence-corrected chi connectivity index (χ3v) is 3.14. The molecule has 0 aliphatic heterocycles. The predicted octanol–water partition coefficient (Wildman–Crippen LogP) is 1.17. The Hall–Kier alpha value is -1.10. The van der Waals surface area contributed by atoms with E-state index in [0.29, 0.717) is 19.4 Å². The molecule has 5 nitrogen and oxygen atoms in total. The van der Waals surface area contributed by atoms with E-state index in [2.05, 4.69) is 12.2 Å². The van der Waals surface area contributed by atoms with Gasteiger partial charge in [-0.3, -0.25) is 9.59 Å². The highest BCUT2D eigenvalue weighted by atomic mass is 16.5. The van der Waals surface area contributed by atoms with Crippen molar-refractivity contribution in [3.05, 3.63) is 0 Å².